The van der Waals surface area contributed by atoms with Crippen molar-refractivity contribution in [3.05, 3.63) is 36.0 Å². The van der Waals surface area contributed by atoms with Gasteiger partial charge in [-0.2, -0.15) is 11.8 Å². The maximum absolute atomic E-state index is 11.2. The topological polar surface area (TPSA) is 62.2 Å². The molecule has 0 bridgehead atoms. The lowest BCUT2D eigenvalue weighted by Gasteiger charge is -2.24. The van der Waals surface area contributed by atoms with Crippen LogP contribution in [0.3, 0.4) is 0 Å². The number of carboxylic acid groups (broad SMARTS) is 1. The van der Waals surface area contributed by atoms with E-state index >= 15 is 0 Å². The molecule has 1 aliphatic heterocycles. The summed E-state index contributed by atoms with van der Waals surface area (Å²) in [4.78, 5) is 15.4. The number of pyridine rings is 1. The Balaban J connectivity index is 1.94. The molecule has 21 heavy (non-hydrogen) atoms. The number of para-hydroxylation sites is 1. The highest BCUT2D eigenvalue weighted by Crippen LogP contribution is 2.38. The molecule has 1 atom stereocenters. The maximum atomic E-state index is 11.2. The minimum absolute atomic E-state index is 0.0837. The van der Waals surface area contributed by atoms with E-state index in [-0.39, 0.29) is 10.4 Å². The Morgan fingerprint density at radius 3 is 3.00 bits per heavy atom. The molecule has 1 aliphatic rings. The highest BCUT2D eigenvalue weighted by atomic mass is 32.2. The van der Waals surface area contributed by atoms with E-state index in [1.165, 1.54) is 18.6 Å². The molecule has 2 N–H and O–H groups in total. The monoisotopic (exact) mass is 302 g/mol. The van der Waals surface area contributed by atoms with Gasteiger partial charge in [-0.05, 0) is 37.7 Å². The van der Waals surface area contributed by atoms with Gasteiger partial charge >= 0.3 is 5.97 Å². The molecule has 1 saturated heterocycles. The van der Waals surface area contributed by atoms with Crippen LogP contribution in [0.25, 0.3) is 10.9 Å². The van der Waals surface area contributed by atoms with Crippen LogP contribution in [0.15, 0.2) is 30.3 Å². The first-order chi connectivity index (χ1) is 10.1. The van der Waals surface area contributed by atoms with E-state index in [1.807, 2.05) is 36.0 Å². The molecule has 3 rings (SSSR count). The van der Waals surface area contributed by atoms with Crippen molar-refractivity contribution in [2.45, 2.75) is 24.5 Å². The van der Waals surface area contributed by atoms with Crippen molar-refractivity contribution < 1.29 is 9.90 Å². The number of nitrogens with one attached hydrogen (secondary N) is 1. The maximum Gasteiger partial charge on any atom is 0.354 e. The van der Waals surface area contributed by atoms with Crippen LogP contribution in [0.1, 0.15) is 30.3 Å². The molecule has 5 heteroatoms. The van der Waals surface area contributed by atoms with E-state index in [9.17, 15) is 9.90 Å². The second-order valence-corrected chi connectivity index (χ2v) is 7.32. The smallest absolute Gasteiger partial charge is 0.354 e. The van der Waals surface area contributed by atoms with Crippen LogP contribution in [-0.4, -0.2) is 33.1 Å². The third-order valence-electron chi connectivity index (χ3n) is 3.89. The van der Waals surface area contributed by atoms with Crippen molar-refractivity contribution in [1.29, 1.82) is 0 Å². The fourth-order valence-corrected chi connectivity index (χ4v) is 3.93. The molecule has 0 spiro atoms. The van der Waals surface area contributed by atoms with E-state index in [0.717, 1.165) is 17.6 Å². The molecule has 1 aromatic carbocycles. The van der Waals surface area contributed by atoms with Crippen molar-refractivity contribution in [2.75, 3.05) is 17.6 Å². The number of hydrogen-bond donors (Lipinski definition) is 2. The molecule has 0 amide bonds. The van der Waals surface area contributed by atoms with Gasteiger partial charge in [-0.1, -0.05) is 18.2 Å². The van der Waals surface area contributed by atoms with Crippen molar-refractivity contribution >= 4 is 34.3 Å². The SMILES string of the molecule is CC1(CNc2cc(C(=O)O)nc3ccccc23)CCCS1. The van der Waals surface area contributed by atoms with Crippen LogP contribution in [0, 0.1) is 0 Å². The number of nitrogens with zero attached hydrogens (tertiary/aromatic N) is 1. The van der Waals surface area contributed by atoms with Gasteiger partial charge in [0.2, 0.25) is 0 Å². The van der Waals surface area contributed by atoms with Gasteiger partial charge in [0.25, 0.3) is 0 Å². The van der Waals surface area contributed by atoms with E-state index in [2.05, 4.69) is 17.2 Å². The third-order valence-corrected chi connectivity index (χ3v) is 5.43. The lowest BCUT2D eigenvalue weighted by atomic mass is 10.1. The van der Waals surface area contributed by atoms with Crippen LogP contribution >= 0.6 is 11.8 Å². The van der Waals surface area contributed by atoms with Crippen LogP contribution in [0.2, 0.25) is 0 Å². The van der Waals surface area contributed by atoms with Gasteiger partial charge in [0.1, 0.15) is 0 Å². The number of carboxylic acids is 1. The van der Waals surface area contributed by atoms with Crippen LogP contribution in [0.4, 0.5) is 5.69 Å². The summed E-state index contributed by atoms with van der Waals surface area (Å²) in [5, 5.41) is 13.6. The first-order valence-corrected chi connectivity index (χ1v) is 8.07. The van der Waals surface area contributed by atoms with E-state index < -0.39 is 5.97 Å². The van der Waals surface area contributed by atoms with Gasteiger partial charge in [-0.3, -0.25) is 0 Å². The molecule has 1 aromatic heterocycles. The number of hydrogen-bond acceptors (Lipinski definition) is 4. The summed E-state index contributed by atoms with van der Waals surface area (Å²) in [6.07, 6.45) is 2.44. The second-order valence-electron chi connectivity index (χ2n) is 5.63. The second kappa shape index (κ2) is 5.56. The van der Waals surface area contributed by atoms with Crippen molar-refractivity contribution in [2.24, 2.45) is 0 Å². The molecule has 2 heterocycles. The summed E-state index contributed by atoms with van der Waals surface area (Å²) in [6.45, 7) is 3.10. The van der Waals surface area contributed by atoms with Crippen LogP contribution in [-0.2, 0) is 0 Å². The third kappa shape index (κ3) is 2.97. The fourth-order valence-electron chi connectivity index (χ4n) is 2.69. The predicted molar refractivity (Wildman–Crippen MR) is 87.3 cm³/mol. The summed E-state index contributed by atoms with van der Waals surface area (Å²) in [6, 6.07) is 9.27. The summed E-state index contributed by atoms with van der Waals surface area (Å²) in [5.41, 5.74) is 1.65. The molecule has 0 radical (unpaired) electrons. The van der Waals surface area contributed by atoms with Gasteiger partial charge in [0, 0.05) is 22.4 Å². The van der Waals surface area contributed by atoms with Crippen molar-refractivity contribution in [1.82, 2.24) is 4.98 Å². The number of fused-ring (bicyclic) bond motifs is 1. The lowest BCUT2D eigenvalue weighted by Crippen LogP contribution is -2.27. The largest absolute Gasteiger partial charge is 0.477 e. The average Bonchev–Trinajstić information content (AvgIpc) is 2.91. The number of aromatic carboxylic acids is 1. The Bertz CT molecular complexity index is 681. The summed E-state index contributed by atoms with van der Waals surface area (Å²) in [5.74, 6) is 0.209. The minimum atomic E-state index is -0.995. The predicted octanol–water partition coefficient (Wildman–Crippen LogP) is 3.63. The van der Waals surface area contributed by atoms with Gasteiger partial charge < -0.3 is 10.4 Å². The normalized spacial score (nSPS) is 21.6. The molecule has 0 aliphatic carbocycles. The summed E-state index contributed by atoms with van der Waals surface area (Å²) in [7, 11) is 0. The molecule has 2 aromatic rings. The van der Waals surface area contributed by atoms with Gasteiger partial charge in [0.05, 0.1) is 5.52 Å². The number of anilines is 1. The molecular weight excluding hydrogens is 284 g/mol. The standard InChI is InChI=1S/C16H18N2O2S/c1-16(7-4-8-21-16)10-17-13-9-14(15(19)20)18-12-6-3-2-5-11(12)13/h2-3,5-6,9H,4,7-8,10H2,1H3,(H,17,18)(H,19,20). The first kappa shape index (κ1) is 14.2. The number of benzene rings is 1. The molecule has 0 saturated carbocycles. The summed E-state index contributed by atoms with van der Waals surface area (Å²) < 4.78 is 0.230. The zero-order valence-corrected chi connectivity index (χ0v) is 12.7. The molecular formula is C16H18N2O2S. The first-order valence-electron chi connectivity index (χ1n) is 7.08. The highest BCUT2D eigenvalue weighted by molar-refractivity contribution is 8.00. The van der Waals surface area contributed by atoms with Crippen molar-refractivity contribution in [3.8, 4) is 0 Å². The Labute approximate surface area is 128 Å². The van der Waals surface area contributed by atoms with Crippen LogP contribution in [0.5, 0.6) is 0 Å². The van der Waals surface area contributed by atoms with E-state index in [4.69, 9.17) is 0 Å². The Morgan fingerprint density at radius 1 is 1.48 bits per heavy atom. The van der Waals surface area contributed by atoms with E-state index in [0.29, 0.717) is 5.52 Å². The number of rotatable bonds is 4. The zero-order valence-electron chi connectivity index (χ0n) is 11.9. The fraction of sp³-hybridized carbons (Fsp3) is 0.375. The van der Waals surface area contributed by atoms with Gasteiger partial charge in [-0.15, -0.1) is 0 Å². The van der Waals surface area contributed by atoms with Gasteiger partial charge in [0.15, 0.2) is 5.69 Å². The minimum Gasteiger partial charge on any atom is -0.477 e. The highest BCUT2D eigenvalue weighted by Gasteiger charge is 2.29. The van der Waals surface area contributed by atoms with Gasteiger partial charge in [-0.25, -0.2) is 9.78 Å². The molecule has 4 nitrogen and oxygen atoms in total. The quantitative estimate of drug-likeness (QED) is 0.903. The zero-order chi connectivity index (χ0) is 14.9. The molecule has 110 valence electrons. The lowest BCUT2D eigenvalue weighted by molar-refractivity contribution is 0.0691. The number of carbonyl (C=O) groups is 1. The Morgan fingerprint density at radius 2 is 2.29 bits per heavy atom. The average molecular weight is 302 g/mol. The Hall–Kier alpha value is -1.75. The number of thioether (sulfide) groups is 1. The Kier molecular flexibility index (Phi) is 3.76. The summed E-state index contributed by atoms with van der Waals surface area (Å²) >= 11 is 1.99. The van der Waals surface area contributed by atoms with E-state index in [1.54, 1.807) is 6.07 Å². The van der Waals surface area contributed by atoms with Crippen molar-refractivity contribution in [3.63, 3.8) is 0 Å². The number of aromatic nitrogens is 1. The molecule has 1 fully saturated rings. The van der Waals surface area contributed by atoms with Crippen LogP contribution < -0.4 is 5.32 Å². The molecule has 1 unspecified atom stereocenters.